The number of likely N-dealkylation sites (N-methyl/N-ethyl adjacent to an activating group) is 1. The molecule has 0 heterocycles. The van der Waals surface area contributed by atoms with E-state index in [9.17, 15) is 0 Å². The van der Waals surface area contributed by atoms with E-state index in [2.05, 4.69) is 32.8 Å². The van der Waals surface area contributed by atoms with Gasteiger partial charge in [0, 0.05) is 6.42 Å². The Bertz CT molecular complexity index is 211. The summed E-state index contributed by atoms with van der Waals surface area (Å²) in [6, 6.07) is 0. The van der Waals surface area contributed by atoms with Gasteiger partial charge >= 0.3 is 0 Å². The molecule has 3 nitrogen and oxygen atoms in total. The van der Waals surface area contributed by atoms with Gasteiger partial charge in [0.2, 0.25) is 0 Å². The van der Waals surface area contributed by atoms with Gasteiger partial charge in [0.1, 0.15) is 13.1 Å². The smallest absolute Gasteiger partial charge is 0.102 e. The maximum atomic E-state index is 5.48. The molecule has 0 aliphatic rings. The Labute approximate surface area is 130 Å². The fourth-order valence-electron chi connectivity index (χ4n) is 1.69. The zero-order chi connectivity index (χ0) is 13.7. The van der Waals surface area contributed by atoms with Crippen LogP contribution in [0, 0.1) is 0 Å². The summed E-state index contributed by atoms with van der Waals surface area (Å²) in [5.41, 5.74) is 0. The standard InChI is InChI=1S/C14H27NO2S.ClH/c1-4-10-16-12-8-15(3,7-6-14-18)9-13-17-11-5-2;/h4-5H,1-2,6-14H2,3H3;1H. The Morgan fingerprint density at radius 1 is 1.00 bits per heavy atom. The summed E-state index contributed by atoms with van der Waals surface area (Å²) >= 11 is 4.28. The molecule has 19 heavy (non-hydrogen) atoms. The largest absolute Gasteiger partial charge is 1.00 e. The topological polar surface area (TPSA) is 18.5 Å². The monoisotopic (exact) mass is 309 g/mol. The number of ether oxygens (including phenoxy) is 2. The van der Waals surface area contributed by atoms with Crippen molar-refractivity contribution in [3.8, 4) is 0 Å². The number of halogens is 1. The van der Waals surface area contributed by atoms with E-state index in [1.807, 2.05) is 0 Å². The molecular weight excluding hydrogens is 282 g/mol. The van der Waals surface area contributed by atoms with Crippen molar-refractivity contribution in [2.24, 2.45) is 0 Å². The first-order valence-corrected chi connectivity index (χ1v) is 7.13. The first-order chi connectivity index (χ1) is 8.68. The van der Waals surface area contributed by atoms with Gasteiger partial charge < -0.3 is 26.4 Å². The lowest BCUT2D eigenvalue weighted by Crippen LogP contribution is -3.00. The Hall–Kier alpha value is -0.0000000000000000555. The van der Waals surface area contributed by atoms with Gasteiger partial charge in [-0.2, -0.15) is 12.6 Å². The molecule has 0 rings (SSSR count). The normalized spacial score (nSPS) is 10.8. The van der Waals surface area contributed by atoms with Crippen molar-refractivity contribution >= 4 is 12.6 Å². The van der Waals surface area contributed by atoms with E-state index >= 15 is 0 Å². The number of quaternary nitrogens is 1. The molecule has 0 saturated heterocycles. The van der Waals surface area contributed by atoms with Crippen LogP contribution in [-0.4, -0.2) is 63.3 Å². The number of rotatable bonds is 13. The van der Waals surface area contributed by atoms with Crippen LogP contribution in [0.15, 0.2) is 25.3 Å². The third-order valence-electron chi connectivity index (χ3n) is 2.88. The average molecular weight is 310 g/mol. The van der Waals surface area contributed by atoms with Crippen molar-refractivity contribution in [2.75, 3.05) is 58.9 Å². The van der Waals surface area contributed by atoms with Gasteiger partial charge in [0.15, 0.2) is 0 Å². The molecule has 5 heteroatoms. The zero-order valence-electron chi connectivity index (χ0n) is 12.0. The summed E-state index contributed by atoms with van der Waals surface area (Å²) in [5.74, 6) is 0.925. The predicted molar refractivity (Wildman–Crippen MR) is 81.3 cm³/mol. The van der Waals surface area contributed by atoms with Crippen molar-refractivity contribution < 1.29 is 26.4 Å². The molecule has 0 aromatic heterocycles. The third kappa shape index (κ3) is 12.8. The SMILES string of the molecule is C=CCOCC[N+](C)(CCCS)CCOCC=C.[Cl-]. The quantitative estimate of drug-likeness (QED) is 0.207. The van der Waals surface area contributed by atoms with Crippen molar-refractivity contribution in [1.82, 2.24) is 0 Å². The maximum Gasteiger partial charge on any atom is 0.102 e. The summed E-state index contributed by atoms with van der Waals surface area (Å²) in [4.78, 5) is 0. The molecule has 0 radical (unpaired) electrons. The van der Waals surface area contributed by atoms with E-state index < -0.39 is 0 Å². The molecule has 0 amide bonds. The first kappa shape index (κ1) is 21.3. The second kappa shape index (κ2) is 14.4. The molecule has 114 valence electrons. The first-order valence-electron chi connectivity index (χ1n) is 6.50. The predicted octanol–water partition coefficient (Wildman–Crippen LogP) is -0.838. The van der Waals surface area contributed by atoms with Crippen molar-refractivity contribution in [1.29, 1.82) is 0 Å². The van der Waals surface area contributed by atoms with E-state index in [1.165, 1.54) is 0 Å². The molecular formula is C14H28ClNO2S. The minimum atomic E-state index is 0. The minimum absolute atomic E-state index is 0. The van der Waals surface area contributed by atoms with Gasteiger partial charge in [-0.25, -0.2) is 0 Å². The highest BCUT2D eigenvalue weighted by Crippen LogP contribution is 2.05. The molecule has 0 N–H and O–H groups in total. The fourth-order valence-corrected chi connectivity index (χ4v) is 1.83. The van der Waals surface area contributed by atoms with Gasteiger partial charge in [-0.1, -0.05) is 12.2 Å². The molecule has 0 unspecified atom stereocenters. The fraction of sp³-hybridized carbons (Fsp3) is 0.714. The van der Waals surface area contributed by atoms with Crippen LogP contribution in [0.1, 0.15) is 6.42 Å². The van der Waals surface area contributed by atoms with Crippen LogP contribution >= 0.6 is 12.6 Å². The Kier molecular flexibility index (Phi) is 16.2. The Balaban J connectivity index is 0. The number of hydrogen-bond acceptors (Lipinski definition) is 3. The van der Waals surface area contributed by atoms with Crippen molar-refractivity contribution in [3.05, 3.63) is 25.3 Å². The molecule has 0 aliphatic carbocycles. The highest BCUT2D eigenvalue weighted by molar-refractivity contribution is 7.80. The second-order valence-corrected chi connectivity index (χ2v) is 5.04. The Morgan fingerprint density at radius 3 is 1.84 bits per heavy atom. The van der Waals surface area contributed by atoms with Gasteiger partial charge in [-0.05, 0) is 5.75 Å². The van der Waals surface area contributed by atoms with Crippen LogP contribution in [0.3, 0.4) is 0 Å². The van der Waals surface area contributed by atoms with Crippen LogP contribution in [0.4, 0.5) is 0 Å². The van der Waals surface area contributed by atoms with Crippen LogP contribution in [0.2, 0.25) is 0 Å². The van der Waals surface area contributed by atoms with Gasteiger partial charge in [-0.3, -0.25) is 0 Å². The lowest BCUT2D eigenvalue weighted by Gasteiger charge is -2.34. The van der Waals surface area contributed by atoms with Gasteiger partial charge in [-0.15, -0.1) is 13.2 Å². The molecule has 0 saturated carbocycles. The molecule has 0 bridgehead atoms. The van der Waals surface area contributed by atoms with E-state index in [4.69, 9.17) is 9.47 Å². The van der Waals surface area contributed by atoms with Gasteiger partial charge in [0.05, 0.1) is 40.0 Å². The van der Waals surface area contributed by atoms with Crippen molar-refractivity contribution in [2.45, 2.75) is 6.42 Å². The van der Waals surface area contributed by atoms with Crippen LogP contribution in [0.5, 0.6) is 0 Å². The maximum absolute atomic E-state index is 5.48. The molecule has 0 aliphatic heterocycles. The number of nitrogens with zero attached hydrogens (tertiary/aromatic N) is 1. The summed E-state index contributed by atoms with van der Waals surface area (Å²) in [5, 5.41) is 0. The van der Waals surface area contributed by atoms with E-state index in [0.717, 1.165) is 49.5 Å². The van der Waals surface area contributed by atoms with E-state index in [-0.39, 0.29) is 12.4 Å². The summed E-state index contributed by atoms with van der Waals surface area (Å²) in [6.45, 7) is 13.2. The summed E-state index contributed by atoms with van der Waals surface area (Å²) in [7, 11) is 2.25. The molecule has 0 aromatic rings. The molecule has 0 fully saturated rings. The summed E-state index contributed by atoms with van der Waals surface area (Å²) < 4.78 is 11.9. The lowest BCUT2D eigenvalue weighted by atomic mass is 10.3. The Morgan fingerprint density at radius 2 is 1.47 bits per heavy atom. The highest BCUT2D eigenvalue weighted by Gasteiger charge is 2.20. The van der Waals surface area contributed by atoms with Crippen LogP contribution in [0.25, 0.3) is 0 Å². The molecule has 0 spiro atoms. The highest BCUT2D eigenvalue weighted by atomic mass is 35.5. The number of hydrogen-bond donors (Lipinski definition) is 1. The lowest BCUT2D eigenvalue weighted by molar-refractivity contribution is -0.910. The third-order valence-corrected chi connectivity index (χ3v) is 3.19. The van der Waals surface area contributed by atoms with E-state index in [1.54, 1.807) is 12.2 Å². The molecule has 0 aromatic carbocycles. The van der Waals surface area contributed by atoms with Crippen LogP contribution in [-0.2, 0) is 9.47 Å². The number of thiol groups is 1. The average Bonchev–Trinajstić information content (AvgIpc) is 2.38. The zero-order valence-corrected chi connectivity index (χ0v) is 13.7. The van der Waals surface area contributed by atoms with Crippen molar-refractivity contribution in [3.63, 3.8) is 0 Å². The van der Waals surface area contributed by atoms with E-state index in [0.29, 0.717) is 13.2 Å². The molecule has 0 atom stereocenters. The minimum Gasteiger partial charge on any atom is -1.00 e. The summed E-state index contributed by atoms with van der Waals surface area (Å²) in [6.07, 6.45) is 4.68. The van der Waals surface area contributed by atoms with Gasteiger partial charge in [0.25, 0.3) is 0 Å². The second-order valence-electron chi connectivity index (χ2n) is 4.59. The van der Waals surface area contributed by atoms with Crippen LogP contribution < -0.4 is 12.4 Å².